The van der Waals surface area contributed by atoms with Gasteiger partial charge in [-0.3, -0.25) is 0 Å². The van der Waals surface area contributed by atoms with Crippen molar-refractivity contribution in [1.29, 1.82) is 0 Å². The zero-order chi connectivity index (χ0) is 13.9. The predicted molar refractivity (Wildman–Crippen MR) is 71.9 cm³/mol. The monoisotopic (exact) mass is 272 g/mol. The van der Waals surface area contributed by atoms with Crippen molar-refractivity contribution < 1.29 is 9.90 Å². The van der Waals surface area contributed by atoms with E-state index in [2.05, 4.69) is 15.5 Å². The summed E-state index contributed by atoms with van der Waals surface area (Å²) in [6.07, 6.45) is 7.42. The van der Waals surface area contributed by atoms with Gasteiger partial charge in [0.25, 0.3) is 0 Å². The van der Waals surface area contributed by atoms with E-state index in [1.54, 1.807) is 12.1 Å². The number of nitrogens with zero attached hydrogens (tertiary/aromatic N) is 4. The van der Waals surface area contributed by atoms with E-state index in [0.717, 1.165) is 18.4 Å². The van der Waals surface area contributed by atoms with Crippen LogP contribution in [0.3, 0.4) is 0 Å². The summed E-state index contributed by atoms with van der Waals surface area (Å²) in [5, 5.41) is 20.3. The van der Waals surface area contributed by atoms with E-state index in [-0.39, 0.29) is 5.56 Å². The van der Waals surface area contributed by atoms with Crippen LogP contribution < -0.4 is 0 Å². The van der Waals surface area contributed by atoms with Crippen LogP contribution in [0.25, 0.3) is 5.69 Å². The normalized spacial score (nSPS) is 16.2. The number of rotatable bonds is 3. The van der Waals surface area contributed by atoms with Crippen molar-refractivity contribution in [1.82, 2.24) is 20.2 Å². The van der Waals surface area contributed by atoms with Crippen molar-refractivity contribution >= 4 is 5.97 Å². The molecule has 0 saturated heterocycles. The lowest BCUT2D eigenvalue weighted by molar-refractivity contribution is 0.0696. The molecule has 0 spiro atoms. The van der Waals surface area contributed by atoms with Crippen molar-refractivity contribution in [3.05, 3.63) is 35.7 Å². The Balaban J connectivity index is 1.99. The largest absolute Gasteiger partial charge is 0.478 e. The molecule has 20 heavy (non-hydrogen) atoms. The van der Waals surface area contributed by atoms with Gasteiger partial charge in [0, 0.05) is 0 Å². The molecular formula is C14H16N4O2. The predicted octanol–water partition coefficient (Wildman–Crippen LogP) is 2.41. The average molecular weight is 272 g/mol. The topological polar surface area (TPSA) is 80.9 Å². The Labute approximate surface area is 116 Å². The van der Waals surface area contributed by atoms with Crippen LogP contribution in [0, 0.1) is 0 Å². The first-order valence-corrected chi connectivity index (χ1v) is 6.86. The van der Waals surface area contributed by atoms with Crippen molar-refractivity contribution in [2.75, 3.05) is 0 Å². The van der Waals surface area contributed by atoms with E-state index in [0.29, 0.717) is 11.6 Å². The standard InChI is InChI=1S/C14H16N4O2/c19-14(20)12-8-11(10-4-2-1-3-5-10)6-7-13(12)18-9-15-16-17-18/h6-10H,1-5H2,(H,19,20). The quantitative estimate of drug-likeness (QED) is 0.927. The fourth-order valence-electron chi connectivity index (χ4n) is 2.89. The molecule has 0 aliphatic heterocycles. The number of benzene rings is 1. The number of carboxylic acids is 1. The number of hydrogen-bond donors (Lipinski definition) is 1. The van der Waals surface area contributed by atoms with Gasteiger partial charge in [0.15, 0.2) is 0 Å². The molecule has 0 atom stereocenters. The second-order valence-electron chi connectivity index (χ2n) is 5.17. The maximum absolute atomic E-state index is 11.5. The van der Waals surface area contributed by atoms with Gasteiger partial charge in [0.2, 0.25) is 0 Å². The third-order valence-corrected chi connectivity index (χ3v) is 3.92. The average Bonchev–Trinajstić information content (AvgIpc) is 3.01. The van der Waals surface area contributed by atoms with Gasteiger partial charge in [-0.2, -0.15) is 4.68 Å². The highest BCUT2D eigenvalue weighted by molar-refractivity contribution is 5.92. The molecule has 1 saturated carbocycles. The van der Waals surface area contributed by atoms with Crippen LogP contribution >= 0.6 is 0 Å². The Kier molecular flexibility index (Phi) is 3.45. The molecule has 6 heteroatoms. The van der Waals surface area contributed by atoms with Gasteiger partial charge in [-0.15, -0.1) is 5.10 Å². The Morgan fingerprint density at radius 1 is 1.25 bits per heavy atom. The minimum absolute atomic E-state index is 0.250. The highest BCUT2D eigenvalue weighted by atomic mass is 16.4. The lowest BCUT2D eigenvalue weighted by Crippen LogP contribution is -2.10. The van der Waals surface area contributed by atoms with E-state index in [1.807, 2.05) is 6.07 Å². The van der Waals surface area contributed by atoms with Gasteiger partial charge in [-0.25, -0.2) is 4.79 Å². The number of carboxylic acid groups (broad SMARTS) is 1. The van der Waals surface area contributed by atoms with E-state index in [4.69, 9.17) is 0 Å². The third kappa shape index (κ3) is 2.41. The minimum Gasteiger partial charge on any atom is -0.478 e. The van der Waals surface area contributed by atoms with Crippen LogP contribution in [0.4, 0.5) is 0 Å². The zero-order valence-corrected chi connectivity index (χ0v) is 11.1. The van der Waals surface area contributed by atoms with Gasteiger partial charge in [0.1, 0.15) is 6.33 Å². The first-order chi connectivity index (χ1) is 9.75. The molecule has 1 N–H and O–H groups in total. The number of aromatic nitrogens is 4. The Morgan fingerprint density at radius 2 is 2.05 bits per heavy atom. The zero-order valence-electron chi connectivity index (χ0n) is 11.1. The van der Waals surface area contributed by atoms with Crippen LogP contribution in [0.2, 0.25) is 0 Å². The first kappa shape index (κ1) is 12.8. The molecule has 0 radical (unpaired) electrons. The molecule has 1 fully saturated rings. The molecule has 1 aromatic heterocycles. The molecule has 6 nitrogen and oxygen atoms in total. The molecule has 1 aliphatic carbocycles. The summed E-state index contributed by atoms with van der Waals surface area (Å²) >= 11 is 0. The van der Waals surface area contributed by atoms with Crippen molar-refractivity contribution in [3.8, 4) is 5.69 Å². The molecule has 2 aromatic rings. The summed E-state index contributed by atoms with van der Waals surface area (Å²) in [5.41, 5.74) is 1.86. The molecule has 104 valence electrons. The molecule has 0 bridgehead atoms. The van der Waals surface area contributed by atoms with Crippen LogP contribution in [-0.2, 0) is 0 Å². The van der Waals surface area contributed by atoms with Crippen LogP contribution in [0.15, 0.2) is 24.5 Å². The van der Waals surface area contributed by atoms with Gasteiger partial charge >= 0.3 is 5.97 Å². The van der Waals surface area contributed by atoms with Gasteiger partial charge in [-0.05, 0) is 46.9 Å². The van der Waals surface area contributed by atoms with E-state index < -0.39 is 5.97 Å². The fourth-order valence-corrected chi connectivity index (χ4v) is 2.89. The van der Waals surface area contributed by atoms with Crippen LogP contribution in [0.1, 0.15) is 53.9 Å². The summed E-state index contributed by atoms with van der Waals surface area (Å²) in [4.78, 5) is 11.5. The van der Waals surface area contributed by atoms with Gasteiger partial charge in [-0.1, -0.05) is 25.3 Å². The molecule has 1 heterocycles. The van der Waals surface area contributed by atoms with E-state index in [1.165, 1.54) is 30.3 Å². The number of tetrazole rings is 1. The molecule has 1 aromatic carbocycles. The smallest absolute Gasteiger partial charge is 0.337 e. The van der Waals surface area contributed by atoms with Crippen LogP contribution in [-0.4, -0.2) is 31.3 Å². The Bertz CT molecular complexity index is 604. The number of hydrogen-bond acceptors (Lipinski definition) is 4. The summed E-state index contributed by atoms with van der Waals surface area (Å²) in [7, 11) is 0. The summed E-state index contributed by atoms with van der Waals surface area (Å²) in [6.45, 7) is 0. The molecular weight excluding hydrogens is 256 g/mol. The Morgan fingerprint density at radius 3 is 2.70 bits per heavy atom. The highest BCUT2D eigenvalue weighted by Gasteiger charge is 2.19. The number of carbonyl (C=O) groups is 1. The van der Waals surface area contributed by atoms with Crippen LogP contribution in [0.5, 0.6) is 0 Å². The van der Waals surface area contributed by atoms with Crippen molar-refractivity contribution in [2.24, 2.45) is 0 Å². The van der Waals surface area contributed by atoms with Crippen molar-refractivity contribution in [3.63, 3.8) is 0 Å². The summed E-state index contributed by atoms with van der Waals surface area (Å²) in [5.74, 6) is -0.474. The maximum Gasteiger partial charge on any atom is 0.337 e. The molecule has 0 unspecified atom stereocenters. The third-order valence-electron chi connectivity index (χ3n) is 3.92. The minimum atomic E-state index is -0.951. The maximum atomic E-state index is 11.5. The summed E-state index contributed by atoms with van der Waals surface area (Å²) < 4.78 is 1.38. The van der Waals surface area contributed by atoms with Gasteiger partial charge < -0.3 is 5.11 Å². The van der Waals surface area contributed by atoms with E-state index in [9.17, 15) is 9.90 Å². The van der Waals surface area contributed by atoms with E-state index >= 15 is 0 Å². The molecule has 1 aliphatic rings. The summed E-state index contributed by atoms with van der Waals surface area (Å²) in [6, 6.07) is 5.57. The second kappa shape index (κ2) is 5.40. The SMILES string of the molecule is O=C(O)c1cc(C2CCCCC2)ccc1-n1cnnn1. The van der Waals surface area contributed by atoms with Crippen molar-refractivity contribution in [2.45, 2.75) is 38.0 Å². The molecule has 3 rings (SSSR count). The fraction of sp³-hybridized carbons (Fsp3) is 0.429. The Hall–Kier alpha value is -2.24. The van der Waals surface area contributed by atoms with Gasteiger partial charge in [0.05, 0.1) is 11.3 Å². The lowest BCUT2D eigenvalue weighted by atomic mass is 9.83. The molecule has 0 amide bonds. The second-order valence-corrected chi connectivity index (χ2v) is 5.17. The first-order valence-electron chi connectivity index (χ1n) is 6.86. The lowest BCUT2D eigenvalue weighted by Gasteiger charge is -2.22. The number of aromatic carboxylic acids is 1. The highest BCUT2D eigenvalue weighted by Crippen LogP contribution is 2.33.